The molecule has 1 heterocycles. The summed E-state index contributed by atoms with van der Waals surface area (Å²) < 4.78 is 18.1. The number of ether oxygens (including phenoxy) is 3. The molecular formula is C59H100O7. The highest BCUT2D eigenvalue weighted by atomic mass is 16.7. The molecule has 3 saturated carbocycles. The second-order valence-electron chi connectivity index (χ2n) is 22.9. The predicted molar refractivity (Wildman–Crippen MR) is 272 cm³/mol. The Labute approximate surface area is 404 Å². The van der Waals surface area contributed by atoms with Crippen molar-refractivity contribution in [2.24, 2.45) is 52.3 Å². The second-order valence-corrected chi connectivity index (χ2v) is 22.9. The molecule has 14 atom stereocenters. The standard InChI is InChI=1S/C59H100O7/c1-8-10-11-12-13-14-15-16-17-18-19-20-21-22-23-24-25-26-27-28-29-30-53(60)64-42-52-54(61)55(62)56(63)57(66-52)65-47-37-39-58(6)46(41-47)33-34-48-50-36-35-49(59(50,7)40-38-51(48)58)44(5)31-32-45(9-2)43(3)4/h15-16,18-19,21-22,33,43-45,47-52,54-57,61-63H,8-14,17,20,23-32,34-42H2,1-7H3/b16-15-,19-18-,22-21-. The Morgan fingerprint density at radius 3 is 2.08 bits per heavy atom. The fourth-order valence-electron chi connectivity index (χ4n) is 13.9. The summed E-state index contributed by atoms with van der Waals surface area (Å²) in [5.74, 6) is 5.19. The van der Waals surface area contributed by atoms with Gasteiger partial charge in [0.2, 0.25) is 0 Å². The minimum atomic E-state index is -1.45. The number of fused-ring (bicyclic) bond motifs is 5. The van der Waals surface area contributed by atoms with Crippen molar-refractivity contribution in [2.45, 2.75) is 259 Å². The lowest BCUT2D eigenvalue weighted by Crippen LogP contribution is -2.60. The molecule has 0 aromatic carbocycles. The average Bonchev–Trinajstić information content (AvgIpc) is 3.66. The molecule has 66 heavy (non-hydrogen) atoms. The van der Waals surface area contributed by atoms with Crippen molar-refractivity contribution in [2.75, 3.05) is 6.61 Å². The lowest BCUT2D eigenvalue weighted by atomic mass is 9.47. The van der Waals surface area contributed by atoms with E-state index < -0.39 is 30.7 Å². The molecule has 0 aromatic rings. The summed E-state index contributed by atoms with van der Waals surface area (Å²) in [6.45, 7) is 17.0. The zero-order valence-electron chi connectivity index (χ0n) is 43.3. The van der Waals surface area contributed by atoms with E-state index in [1.54, 1.807) is 0 Å². The number of unbranched alkanes of at least 4 members (excludes halogenated alkanes) is 11. The van der Waals surface area contributed by atoms with Crippen LogP contribution in [0.2, 0.25) is 0 Å². The van der Waals surface area contributed by atoms with Crippen molar-refractivity contribution in [3.63, 3.8) is 0 Å². The van der Waals surface area contributed by atoms with Crippen molar-refractivity contribution in [3.05, 3.63) is 48.1 Å². The molecule has 4 fully saturated rings. The molecule has 3 N–H and O–H groups in total. The van der Waals surface area contributed by atoms with Crippen LogP contribution in [0.3, 0.4) is 0 Å². The second kappa shape index (κ2) is 28.2. The van der Waals surface area contributed by atoms with E-state index in [4.69, 9.17) is 14.2 Å². The Kier molecular flexibility index (Phi) is 23.5. The van der Waals surface area contributed by atoms with Gasteiger partial charge in [-0.05, 0) is 155 Å². The maximum atomic E-state index is 12.7. The highest BCUT2D eigenvalue weighted by molar-refractivity contribution is 5.69. The van der Waals surface area contributed by atoms with Crippen LogP contribution < -0.4 is 0 Å². The van der Waals surface area contributed by atoms with Crippen LogP contribution >= 0.6 is 0 Å². The minimum Gasteiger partial charge on any atom is -0.463 e. The van der Waals surface area contributed by atoms with Gasteiger partial charge in [0.05, 0.1) is 6.10 Å². The number of aliphatic hydroxyl groups excluding tert-OH is 3. The molecule has 7 heteroatoms. The molecule has 1 aliphatic heterocycles. The normalized spacial score (nSPS) is 34.4. The van der Waals surface area contributed by atoms with Gasteiger partial charge < -0.3 is 29.5 Å². The van der Waals surface area contributed by atoms with Gasteiger partial charge in [-0.25, -0.2) is 0 Å². The molecule has 0 aromatic heterocycles. The van der Waals surface area contributed by atoms with E-state index in [9.17, 15) is 20.1 Å². The summed E-state index contributed by atoms with van der Waals surface area (Å²) in [5, 5.41) is 32.6. The summed E-state index contributed by atoms with van der Waals surface area (Å²) in [5.41, 5.74) is 2.11. The molecule has 7 nitrogen and oxygen atoms in total. The summed E-state index contributed by atoms with van der Waals surface area (Å²) in [6, 6.07) is 0. The molecule has 4 aliphatic carbocycles. The maximum absolute atomic E-state index is 12.7. The molecule has 378 valence electrons. The van der Waals surface area contributed by atoms with Crippen LogP contribution in [0.5, 0.6) is 0 Å². The first kappa shape index (κ1) is 55.2. The first-order valence-electron chi connectivity index (χ1n) is 28.0. The summed E-state index contributed by atoms with van der Waals surface area (Å²) in [7, 11) is 0. The molecule has 5 aliphatic rings. The van der Waals surface area contributed by atoms with Crippen molar-refractivity contribution >= 4 is 5.97 Å². The summed E-state index contributed by atoms with van der Waals surface area (Å²) in [6.07, 6.45) is 40.9. The third-order valence-corrected chi connectivity index (χ3v) is 18.2. The maximum Gasteiger partial charge on any atom is 0.305 e. The van der Waals surface area contributed by atoms with E-state index in [0.29, 0.717) is 17.8 Å². The van der Waals surface area contributed by atoms with E-state index in [0.717, 1.165) is 106 Å². The molecular weight excluding hydrogens is 821 g/mol. The number of rotatable bonds is 29. The number of hydrogen-bond acceptors (Lipinski definition) is 7. The zero-order valence-corrected chi connectivity index (χ0v) is 43.3. The Morgan fingerprint density at radius 2 is 1.41 bits per heavy atom. The first-order chi connectivity index (χ1) is 31.8. The molecule has 0 amide bonds. The third-order valence-electron chi connectivity index (χ3n) is 18.2. The van der Waals surface area contributed by atoms with Gasteiger partial charge >= 0.3 is 5.97 Å². The van der Waals surface area contributed by atoms with Gasteiger partial charge in [-0.1, -0.05) is 161 Å². The summed E-state index contributed by atoms with van der Waals surface area (Å²) >= 11 is 0. The number of hydrogen-bond donors (Lipinski definition) is 3. The van der Waals surface area contributed by atoms with Crippen LogP contribution in [-0.2, 0) is 19.0 Å². The molecule has 14 unspecified atom stereocenters. The van der Waals surface area contributed by atoms with Crippen molar-refractivity contribution in [1.82, 2.24) is 0 Å². The number of aliphatic hydroxyl groups is 3. The van der Waals surface area contributed by atoms with E-state index in [1.165, 1.54) is 102 Å². The molecule has 5 rings (SSSR count). The highest BCUT2D eigenvalue weighted by Crippen LogP contribution is 2.67. The zero-order chi connectivity index (χ0) is 47.5. The third kappa shape index (κ3) is 15.4. The number of carbonyl (C=O) groups is 1. The topological polar surface area (TPSA) is 105 Å². The van der Waals surface area contributed by atoms with Crippen molar-refractivity contribution in [3.8, 4) is 0 Å². The first-order valence-corrected chi connectivity index (χ1v) is 28.0. The van der Waals surface area contributed by atoms with Crippen molar-refractivity contribution < 1.29 is 34.3 Å². The molecule has 0 spiro atoms. The summed E-state index contributed by atoms with van der Waals surface area (Å²) in [4.78, 5) is 12.7. The van der Waals surface area contributed by atoms with Gasteiger partial charge in [-0.2, -0.15) is 0 Å². The fourth-order valence-corrected chi connectivity index (χ4v) is 13.9. The Balaban J connectivity index is 0.959. The average molecular weight is 921 g/mol. The van der Waals surface area contributed by atoms with Gasteiger partial charge in [0.15, 0.2) is 6.29 Å². The quantitative estimate of drug-likeness (QED) is 0.0390. The number of carbonyl (C=O) groups excluding carboxylic acids is 1. The van der Waals surface area contributed by atoms with Crippen molar-refractivity contribution in [1.29, 1.82) is 0 Å². The number of allylic oxidation sites excluding steroid dienone is 7. The number of esters is 1. The van der Waals surface area contributed by atoms with Gasteiger partial charge in [-0.15, -0.1) is 0 Å². The van der Waals surface area contributed by atoms with Gasteiger partial charge in [-0.3, -0.25) is 4.79 Å². The minimum absolute atomic E-state index is 0.148. The smallest absolute Gasteiger partial charge is 0.305 e. The Morgan fingerprint density at radius 1 is 0.758 bits per heavy atom. The van der Waals surface area contributed by atoms with Gasteiger partial charge in [0.1, 0.15) is 31.0 Å². The van der Waals surface area contributed by atoms with Crippen LogP contribution in [0.25, 0.3) is 0 Å². The lowest BCUT2D eigenvalue weighted by molar-refractivity contribution is -0.313. The van der Waals surface area contributed by atoms with Crippen LogP contribution in [-0.4, -0.2) is 64.7 Å². The fraction of sp³-hybridized carbons (Fsp3) is 0.847. The SMILES string of the molecule is CCCCCCC/C=C\C/C=C\C/C=C\CCCCCCCCC(=O)OCC1OC(OC2CCC3(C)C(=CCC4C3CCC3(C)C(C(C)CCC(CC)C(C)C)CCC43)C2)C(O)C(O)C1O. The van der Waals surface area contributed by atoms with E-state index >= 15 is 0 Å². The van der Waals surface area contributed by atoms with Crippen LogP contribution in [0.15, 0.2) is 48.1 Å². The highest BCUT2D eigenvalue weighted by Gasteiger charge is 2.59. The van der Waals surface area contributed by atoms with Gasteiger partial charge in [0, 0.05) is 6.42 Å². The van der Waals surface area contributed by atoms with Crippen LogP contribution in [0, 0.1) is 52.3 Å². The molecule has 0 radical (unpaired) electrons. The van der Waals surface area contributed by atoms with E-state index in [1.807, 2.05) is 0 Å². The molecule has 0 bridgehead atoms. The van der Waals surface area contributed by atoms with E-state index in [2.05, 4.69) is 91.0 Å². The molecule has 1 saturated heterocycles. The van der Waals surface area contributed by atoms with Crippen LogP contribution in [0.4, 0.5) is 0 Å². The Bertz CT molecular complexity index is 1520. The van der Waals surface area contributed by atoms with Gasteiger partial charge in [0.25, 0.3) is 0 Å². The Hall–Kier alpha value is -1.77. The monoisotopic (exact) mass is 921 g/mol. The van der Waals surface area contributed by atoms with E-state index in [-0.39, 0.29) is 24.1 Å². The van der Waals surface area contributed by atoms with Crippen LogP contribution in [0.1, 0.15) is 222 Å². The predicted octanol–water partition coefficient (Wildman–Crippen LogP) is 14.3. The lowest BCUT2D eigenvalue weighted by Gasteiger charge is -2.58. The largest absolute Gasteiger partial charge is 0.463 e.